The van der Waals surface area contributed by atoms with E-state index in [9.17, 15) is 4.79 Å². The van der Waals surface area contributed by atoms with Crippen molar-refractivity contribution in [3.8, 4) is 0 Å². The second-order valence-electron chi connectivity index (χ2n) is 5.59. The van der Waals surface area contributed by atoms with Crippen LogP contribution in [0.4, 0.5) is 0 Å². The number of amides is 1. The Bertz CT molecular complexity index is 468. The van der Waals surface area contributed by atoms with Crippen LogP contribution in [-0.4, -0.2) is 37.5 Å². The summed E-state index contributed by atoms with van der Waals surface area (Å²) < 4.78 is 0. The van der Waals surface area contributed by atoms with E-state index < -0.39 is 0 Å². The molecule has 110 valence electrons. The maximum atomic E-state index is 12.4. The van der Waals surface area contributed by atoms with E-state index >= 15 is 0 Å². The van der Waals surface area contributed by atoms with E-state index in [-0.39, 0.29) is 5.91 Å². The molecule has 0 spiro atoms. The number of piperidine rings is 1. The minimum absolute atomic E-state index is 0.110. The van der Waals surface area contributed by atoms with Crippen LogP contribution in [0.2, 0.25) is 5.02 Å². The number of nitrogens with one attached hydrogen (secondary N) is 1. The summed E-state index contributed by atoms with van der Waals surface area (Å²) in [7, 11) is 1.99. The molecule has 2 rings (SSSR count). The summed E-state index contributed by atoms with van der Waals surface area (Å²) in [6.07, 6.45) is 3.41. The molecule has 1 aromatic rings. The molecule has 0 aromatic heterocycles. The van der Waals surface area contributed by atoms with Gasteiger partial charge in [-0.2, -0.15) is 0 Å². The molecular formula is C16H23ClN2O. The number of aryl methyl sites for hydroxylation is 1. The zero-order valence-electron chi connectivity index (χ0n) is 12.3. The van der Waals surface area contributed by atoms with Gasteiger partial charge in [0.1, 0.15) is 0 Å². The number of halogens is 1. The van der Waals surface area contributed by atoms with Gasteiger partial charge in [0.2, 0.25) is 0 Å². The summed E-state index contributed by atoms with van der Waals surface area (Å²) in [6, 6.07) is 5.57. The normalized spacial score (nSPS) is 16.4. The summed E-state index contributed by atoms with van der Waals surface area (Å²) in [5.74, 6) is 0.854. The quantitative estimate of drug-likeness (QED) is 0.925. The van der Waals surface area contributed by atoms with Crippen LogP contribution in [0, 0.1) is 12.8 Å². The number of carbonyl (C=O) groups excluding carboxylic acids is 1. The fourth-order valence-electron chi connectivity index (χ4n) is 2.68. The Morgan fingerprint density at radius 3 is 2.70 bits per heavy atom. The maximum absolute atomic E-state index is 12.4. The summed E-state index contributed by atoms with van der Waals surface area (Å²) in [6.45, 7) is 4.73. The predicted octanol–water partition coefficient (Wildman–Crippen LogP) is 3.11. The third kappa shape index (κ3) is 3.74. The Balaban J connectivity index is 1.92. The highest BCUT2D eigenvalue weighted by molar-refractivity contribution is 6.31. The van der Waals surface area contributed by atoms with Gasteiger partial charge in [-0.3, -0.25) is 4.79 Å². The van der Waals surface area contributed by atoms with Crippen molar-refractivity contribution in [3.63, 3.8) is 0 Å². The molecule has 0 unspecified atom stereocenters. The van der Waals surface area contributed by atoms with Crippen LogP contribution >= 0.6 is 11.6 Å². The van der Waals surface area contributed by atoms with Gasteiger partial charge in [0.25, 0.3) is 5.91 Å². The summed E-state index contributed by atoms with van der Waals surface area (Å²) in [4.78, 5) is 14.4. The molecule has 1 heterocycles. The minimum Gasteiger partial charge on any atom is -0.339 e. The van der Waals surface area contributed by atoms with Gasteiger partial charge in [-0.25, -0.2) is 0 Å². The highest BCUT2D eigenvalue weighted by Crippen LogP contribution is 2.23. The van der Waals surface area contributed by atoms with Crippen LogP contribution < -0.4 is 5.32 Å². The molecular weight excluding hydrogens is 272 g/mol. The van der Waals surface area contributed by atoms with Gasteiger partial charge >= 0.3 is 0 Å². The lowest BCUT2D eigenvalue weighted by Gasteiger charge is -2.32. The second kappa shape index (κ2) is 7.09. The van der Waals surface area contributed by atoms with Crippen molar-refractivity contribution in [1.29, 1.82) is 0 Å². The average Bonchev–Trinajstić information content (AvgIpc) is 2.48. The van der Waals surface area contributed by atoms with Crippen molar-refractivity contribution in [2.24, 2.45) is 5.92 Å². The number of carbonyl (C=O) groups is 1. The zero-order chi connectivity index (χ0) is 14.5. The first-order chi connectivity index (χ1) is 9.61. The zero-order valence-corrected chi connectivity index (χ0v) is 13.0. The lowest BCUT2D eigenvalue weighted by atomic mass is 9.93. The highest BCUT2D eigenvalue weighted by atomic mass is 35.5. The van der Waals surface area contributed by atoms with E-state index in [0.29, 0.717) is 10.6 Å². The predicted molar refractivity (Wildman–Crippen MR) is 83.4 cm³/mol. The summed E-state index contributed by atoms with van der Waals surface area (Å²) in [5, 5.41) is 3.86. The molecule has 1 fully saturated rings. The van der Waals surface area contributed by atoms with Crippen molar-refractivity contribution in [2.45, 2.75) is 26.2 Å². The molecule has 0 saturated carbocycles. The molecule has 0 atom stereocenters. The van der Waals surface area contributed by atoms with Gasteiger partial charge in [-0.15, -0.1) is 0 Å². The van der Waals surface area contributed by atoms with Gasteiger partial charge in [-0.1, -0.05) is 17.7 Å². The van der Waals surface area contributed by atoms with Crippen LogP contribution in [-0.2, 0) is 0 Å². The van der Waals surface area contributed by atoms with E-state index in [0.717, 1.165) is 44.0 Å². The van der Waals surface area contributed by atoms with Gasteiger partial charge in [-0.05, 0) is 63.4 Å². The molecule has 4 heteroatoms. The lowest BCUT2D eigenvalue weighted by Crippen LogP contribution is -2.39. The maximum Gasteiger partial charge on any atom is 0.253 e. The summed E-state index contributed by atoms with van der Waals surface area (Å²) in [5.41, 5.74) is 1.71. The Hall–Kier alpha value is -1.06. The number of benzene rings is 1. The van der Waals surface area contributed by atoms with Gasteiger partial charge in [0.05, 0.1) is 0 Å². The second-order valence-corrected chi connectivity index (χ2v) is 6.00. The molecule has 0 radical (unpaired) electrons. The number of likely N-dealkylation sites (tertiary alicyclic amines) is 1. The number of hydrogen-bond donors (Lipinski definition) is 1. The fourth-order valence-corrected chi connectivity index (χ4v) is 2.86. The smallest absolute Gasteiger partial charge is 0.253 e. The standard InChI is InChI=1S/C16H23ClN2O/c1-12-3-4-14(11-15(12)17)16(20)19-9-6-13(7-10-19)5-8-18-2/h3-4,11,13,18H,5-10H2,1-2H3. The van der Waals surface area contributed by atoms with E-state index in [1.165, 1.54) is 6.42 Å². The molecule has 1 amide bonds. The van der Waals surface area contributed by atoms with Crippen molar-refractivity contribution >= 4 is 17.5 Å². The molecule has 20 heavy (non-hydrogen) atoms. The van der Waals surface area contributed by atoms with Gasteiger partial charge < -0.3 is 10.2 Å². The Labute approximate surface area is 126 Å². The van der Waals surface area contributed by atoms with Crippen LogP contribution in [0.15, 0.2) is 18.2 Å². The van der Waals surface area contributed by atoms with Gasteiger partial charge in [0.15, 0.2) is 0 Å². The molecule has 1 aliphatic heterocycles. The van der Waals surface area contributed by atoms with Gasteiger partial charge in [0, 0.05) is 23.7 Å². The average molecular weight is 295 g/mol. The molecule has 1 saturated heterocycles. The fraction of sp³-hybridized carbons (Fsp3) is 0.562. The molecule has 0 aliphatic carbocycles. The van der Waals surface area contributed by atoms with E-state index in [4.69, 9.17) is 11.6 Å². The van der Waals surface area contributed by atoms with E-state index in [1.807, 2.05) is 31.0 Å². The number of rotatable bonds is 4. The molecule has 1 aliphatic rings. The first-order valence-corrected chi connectivity index (χ1v) is 7.69. The summed E-state index contributed by atoms with van der Waals surface area (Å²) >= 11 is 6.10. The van der Waals surface area contributed by atoms with Crippen LogP contribution in [0.1, 0.15) is 35.2 Å². The van der Waals surface area contributed by atoms with E-state index in [1.54, 1.807) is 6.07 Å². The minimum atomic E-state index is 0.110. The van der Waals surface area contributed by atoms with Crippen LogP contribution in [0.3, 0.4) is 0 Å². The molecule has 3 nitrogen and oxygen atoms in total. The number of hydrogen-bond acceptors (Lipinski definition) is 2. The van der Waals surface area contributed by atoms with Crippen LogP contribution in [0.25, 0.3) is 0 Å². The Morgan fingerprint density at radius 2 is 2.10 bits per heavy atom. The van der Waals surface area contributed by atoms with E-state index in [2.05, 4.69) is 5.32 Å². The Morgan fingerprint density at radius 1 is 1.40 bits per heavy atom. The number of nitrogens with zero attached hydrogens (tertiary/aromatic N) is 1. The van der Waals surface area contributed by atoms with Crippen molar-refractivity contribution in [1.82, 2.24) is 10.2 Å². The molecule has 0 bridgehead atoms. The first kappa shape index (κ1) is 15.3. The monoisotopic (exact) mass is 294 g/mol. The van der Waals surface area contributed by atoms with Crippen LogP contribution in [0.5, 0.6) is 0 Å². The molecule has 1 aromatic carbocycles. The third-order valence-electron chi connectivity index (χ3n) is 4.12. The highest BCUT2D eigenvalue weighted by Gasteiger charge is 2.23. The SMILES string of the molecule is CNCCC1CCN(C(=O)c2ccc(C)c(Cl)c2)CC1. The Kier molecular flexibility index (Phi) is 5.44. The topological polar surface area (TPSA) is 32.3 Å². The lowest BCUT2D eigenvalue weighted by molar-refractivity contribution is 0.0687. The van der Waals surface area contributed by atoms with Crippen molar-refractivity contribution in [3.05, 3.63) is 34.3 Å². The molecule has 1 N–H and O–H groups in total. The van der Waals surface area contributed by atoms with Crippen molar-refractivity contribution < 1.29 is 4.79 Å². The third-order valence-corrected chi connectivity index (χ3v) is 4.53. The largest absolute Gasteiger partial charge is 0.339 e. The first-order valence-electron chi connectivity index (χ1n) is 7.32. The van der Waals surface area contributed by atoms with Crippen molar-refractivity contribution in [2.75, 3.05) is 26.7 Å².